The molecule has 0 amide bonds. The van der Waals surface area contributed by atoms with Gasteiger partial charge in [-0.25, -0.2) is 0 Å². The first kappa shape index (κ1) is 11.9. The van der Waals surface area contributed by atoms with E-state index in [1.807, 2.05) is 0 Å². The number of aryl methyl sites for hydroxylation is 1. The van der Waals surface area contributed by atoms with Crippen LogP contribution in [0.25, 0.3) is 6.08 Å². The zero-order chi connectivity index (χ0) is 11.4. The van der Waals surface area contributed by atoms with E-state index in [2.05, 4.69) is 47.1 Å². The summed E-state index contributed by atoms with van der Waals surface area (Å²) in [6, 6.07) is 4.49. The molecule has 16 heavy (non-hydrogen) atoms. The summed E-state index contributed by atoms with van der Waals surface area (Å²) < 4.78 is 1.24. The molecule has 0 aromatic heterocycles. The maximum absolute atomic E-state index is 3.62. The molecule has 0 unspecified atom stereocenters. The van der Waals surface area contributed by atoms with E-state index in [-0.39, 0.29) is 0 Å². The molecule has 86 valence electrons. The van der Waals surface area contributed by atoms with Gasteiger partial charge in [0.05, 0.1) is 0 Å². The van der Waals surface area contributed by atoms with E-state index in [1.165, 1.54) is 42.1 Å². The van der Waals surface area contributed by atoms with Gasteiger partial charge in [-0.2, -0.15) is 0 Å². The minimum absolute atomic E-state index is 1.12. The topological polar surface area (TPSA) is 0 Å². The normalized spacial score (nSPS) is 13.1. The standard InChI is InChI=1S/C15H19Br/c1-2-3-4-5-7-12-10-11-15(16)14-9-6-8-13(12)14/h6,9-11H,2-5,7-8H2,1H3. The van der Waals surface area contributed by atoms with Crippen LogP contribution in [0.4, 0.5) is 0 Å². The fraction of sp³-hybridized carbons (Fsp3) is 0.467. The third-order valence-corrected chi connectivity index (χ3v) is 4.00. The molecule has 0 spiro atoms. The first-order valence-corrected chi connectivity index (χ1v) is 7.09. The molecule has 0 atom stereocenters. The van der Waals surface area contributed by atoms with Gasteiger partial charge in [-0.15, -0.1) is 0 Å². The highest BCUT2D eigenvalue weighted by molar-refractivity contribution is 9.10. The lowest BCUT2D eigenvalue weighted by atomic mass is 9.98. The van der Waals surface area contributed by atoms with Crippen molar-refractivity contribution in [1.82, 2.24) is 0 Å². The highest BCUT2D eigenvalue weighted by atomic mass is 79.9. The van der Waals surface area contributed by atoms with E-state index in [9.17, 15) is 0 Å². The molecule has 0 bridgehead atoms. The molecule has 1 heteroatoms. The maximum Gasteiger partial charge on any atom is 0.0250 e. The van der Waals surface area contributed by atoms with Gasteiger partial charge in [0.25, 0.3) is 0 Å². The average Bonchev–Trinajstić information content (AvgIpc) is 2.77. The Bertz CT molecular complexity index is 391. The molecule has 0 fully saturated rings. The molecule has 0 nitrogen and oxygen atoms in total. The summed E-state index contributed by atoms with van der Waals surface area (Å²) >= 11 is 3.62. The van der Waals surface area contributed by atoms with Crippen molar-refractivity contribution in [2.45, 2.75) is 45.4 Å². The molecule has 1 aromatic carbocycles. The first-order valence-electron chi connectivity index (χ1n) is 6.29. The van der Waals surface area contributed by atoms with Crippen LogP contribution in [0, 0.1) is 0 Å². The highest BCUT2D eigenvalue weighted by Gasteiger charge is 2.12. The van der Waals surface area contributed by atoms with Crippen molar-refractivity contribution in [3.8, 4) is 0 Å². The minimum atomic E-state index is 1.12. The molecular weight excluding hydrogens is 260 g/mol. The van der Waals surface area contributed by atoms with Gasteiger partial charge in [-0.1, -0.05) is 60.3 Å². The number of benzene rings is 1. The summed E-state index contributed by atoms with van der Waals surface area (Å²) in [6.45, 7) is 2.27. The molecule has 1 aliphatic rings. The summed E-state index contributed by atoms with van der Waals surface area (Å²) in [5, 5.41) is 0. The zero-order valence-electron chi connectivity index (χ0n) is 9.93. The van der Waals surface area contributed by atoms with Crippen LogP contribution in [0.5, 0.6) is 0 Å². The molecule has 0 saturated heterocycles. The Morgan fingerprint density at radius 3 is 2.88 bits per heavy atom. The fourth-order valence-corrected chi connectivity index (χ4v) is 2.88. The SMILES string of the molecule is CCCCCCc1ccc(Br)c2c1CC=C2. The summed E-state index contributed by atoms with van der Waals surface area (Å²) in [6.07, 6.45) is 12.3. The van der Waals surface area contributed by atoms with Crippen molar-refractivity contribution in [2.24, 2.45) is 0 Å². The van der Waals surface area contributed by atoms with Crippen LogP contribution >= 0.6 is 15.9 Å². The Hall–Kier alpha value is -0.560. The van der Waals surface area contributed by atoms with Gasteiger partial charge in [0.1, 0.15) is 0 Å². The van der Waals surface area contributed by atoms with Gasteiger partial charge in [0.15, 0.2) is 0 Å². The van der Waals surface area contributed by atoms with Crippen LogP contribution in [0.15, 0.2) is 22.7 Å². The van der Waals surface area contributed by atoms with E-state index < -0.39 is 0 Å². The largest absolute Gasteiger partial charge is 0.0795 e. The number of hydrogen-bond donors (Lipinski definition) is 0. The molecule has 0 radical (unpaired) electrons. The molecule has 0 heterocycles. The first-order chi connectivity index (χ1) is 7.83. The van der Waals surface area contributed by atoms with Crippen LogP contribution in [-0.4, -0.2) is 0 Å². The van der Waals surface area contributed by atoms with Crippen LogP contribution < -0.4 is 0 Å². The number of halogens is 1. The van der Waals surface area contributed by atoms with Crippen molar-refractivity contribution < 1.29 is 0 Å². The van der Waals surface area contributed by atoms with Gasteiger partial charge in [-0.3, -0.25) is 0 Å². The Labute approximate surface area is 107 Å². The second-order valence-electron chi connectivity index (χ2n) is 4.52. The van der Waals surface area contributed by atoms with Crippen LogP contribution in [0.3, 0.4) is 0 Å². The third-order valence-electron chi connectivity index (χ3n) is 3.31. The number of unbranched alkanes of at least 4 members (excludes halogenated alkanes) is 3. The number of fused-ring (bicyclic) bond motifs is 1. The van der Waals surface area contributed by atoms with Gasteiger partial charge >= 0.3 is 0 Å². The lowest BCUT2D eigenvalue weighted by Crippen LogP contribution is -1.95. The summed E-state index contributed by atoms with van der Waals surface area (Å²) in [7, 11) is 0. The molecule has 0 aliphatic heterocycles. The van der Waals surface area contributed by atoms with Crippen LogP contribution in [0.2, 0.25) is 0 Å². The van der Waals surface area contributed by atoms with Crippen molar-refractivity contribution in [3.63, 3.8) is 0 Å². The quantitative estimate of drug-likeness (QED) is 0.654. The average molecular weight is 279 g/mol. The minimum Gasteiger partial charge on any atom is -0.0795 e. The lowest BCUT2D eigenvalue weighted by molar-refractivity contribution is 0.665. The monoisotopic (exact) mass is 278 g/mol. The number of rotatable bonds is 5. The smallest absolute Gasteiger partial charge is 0.0250 e. The predicted octanol–water partition coefficient (Wildman–Crippen LogP) is 5.14. The Morgan fingerprint density at radius 1 is 1.19 bits per heavy atom. The van der Waals surface area contributed by atoms with Crippen molar-refractivity contribution in [1.29, 1.82) is 0 Å². The van der Waals surface area contributed by atoms with Gasteiger partial charge in [0, 0.05) is 4.47 Å². The van der Waals surface area contributed by atoms with E-state index >= 15 is 0 Å². The lowest BCUT2D eigenvalue weighted by Gasteiger charge is -2.09. The number of allylic oxidation sites excluding steroid dienone is 1. The predicted molar refractivity (Wildman–Crippen MR) is 74.7 cm³/mol. The molecule has 1 aromatic rings. The van der Waals surface area contributed by atoms with Crippen molar-refractivity contribution >= 4 is 22.0 Å². The van der Waals surface area contributed by atoms with E-state index in [0.29, 0.717) is 0 Å². The Kier molecular flexibility index (Phi) is 4.22. The Morgan fingerprint density at radius 2 is 2.06 bits per heavy atom. The van der Waals surface area contributed by atoms with E-state index in [1.54, 1.807) is 11.1 Å². The van der Waals surface area contributed by atoms with Gasteiger partial charge < -0.3 is 0 Å². The number of hydrogen-bond acceptors (Lipinski definition) is 0. The van der Waals surface area contributed by atoms with Crippen molar-refractivity contribution in [2.75, 3.05) is 0 Å². The maximum atomic E-state index is 3.62. The molecular formula is C15H19Br. The zero-order valence-corrected chi connectivity index (χ0v) is 11.5. The molecule has 0 N–H and O–H groups in total. The molecule has 2 rings (SSSR count). The van der Waals surface area contributed by atoms with Gasteiger partial charge in [-0.05, 0) is 42.0 Å². The fourth-order valence-electron chi connectivity index (χ4n) is 2.37. The third kappa shape index (κ3) is 2.57. The highest BCUT2D eigenvalue weighted by Crippen LogP contribution is 2.31. The molecule has 0 saturated carbocycles. The van der Waals surface area contributed by atoms with Crippen LogP contribution in [-0.2, 0) is 12.8 Å². The second kappa shape index (κ2) is 5.67. The summed E-state index contributed by atoms with van der Waals surface area (Å²) in [5.74, 6) is 0. The van der Waals surface area contributed by atoms with Gasteiger partial charge in [0.2, 0.25) is 0 Å². The Balaban J connectivity index is 2.03. The van der Waals surface area contributed by atoms with E-state index in [0.717, 1.165) is 6.42 Å². The second-order valence-corrected chi connectivity index (χ2v) is 5.37. The summed E-state index contributed by atoms with van der Waals surface area (Å²) in [4.78, 5) is 0. The van der Waals surface area contributed by atoms with Crippen LogP contribution in [0.1, 0.15) is 49.3 Å². The van der Waals surface area contributed by atoms with Crippen molar-refractivity contribution in [3.05, 3.63) is 39.4 Å². The molecule has 1 aliphatic carbocycles. The summed E-state index contributed by atoms with van der Waals surface area (Å²) in [5.41, 5.74) is 4.51. The van der Waals surface area contributed by atoms with E-state index in [4.69, 9.17) is 0 Å².